The van der Waals surface area contributed by atoms with Crippen LogP contribution < -0.4 is 0 Å². The van der Waals surface area contributed by atoms with E-state index in [2.05, 4.69) is 15.0 Å². The number of carbonyl (C=O) groups excluding carboxylic acids is 1. The van der Waals surface area contributed by atoms with Crippen molar-refractivity contribution in [2.24, 2.45) is 0 Å². The maximum atomic E-state index is 10.3. The molecular formula is C5H3Cl2N3O. The van der Waals surface area contributed by atoms with E-state index in [0.29, 0.717) is 6.29 Å². The van der Waals surface area contributed by atoms with Gasteiger partial charge in [0.15, 0.2) is 12.1 Å². The summed E-state index contributed by atoms with van der Waals surface area (Å²) in [6.07, 6.45) is 2.78. The van der Waals surface area contributed by atoms with E-state index in [1.165, 1.54) is 12.7 Å². The first-order valence-corrected chi connectivity index (χ1v) is 3.39. The second-order valence-corrected chi connectivity index (χ2v) is 3.09. The quantitative estimate of drug-likeness (QED) is 0.511. The van der Waals surface area contributed by atoms with Gasteiger partial charge in [-0.3, -0.25) is 4.79 Å². The predicted octanol–water partition coefficient (Wildman–Crippen LogP) is 0.701. The maximum Gasteiger partial charge on any atom is 0.231 e. The van der Waals surface area contributed by atoms with Crippen LogP contribution in [0.15, 0.2) is 12.7 Å². The first-order valence-electron chi connectivity index (χ1n) is 2.63. The lowest BCUT2D eigenvalue weighted by molar-refractivity contribution is -0.108. The second-order valence-electron chi connectivity index (χ2n) is 1.70. The molecule has 0 radical (unpaired) electrons. The van der Waals surface area contributed by atoms with Gasteiger partial charge in [-0.25, -0.2) is 15.0 Å². The number of nitrogens with zero attached hydrogens (tertiary/aromatic N) is 3. The van der Waals surface area contributed by atoms with Gasteiger partial charge in [-0.15, -0.1) is 0 Å². The molecule has 0 amide bonds. The van der Waals surface area contributed by atoms with Crippen LogP contribution in [0.1, 0.15) is 5.82 Å². The van der Waals surface area contributed by atoms with E-state index in [9.17, 15) is 4.79 Å². The molecule has 11 heavy (non-hydrogen) atoms. The van der Waals surface area contributed by atoms with Gasteiger partial charge in [0.25, 0.3) is 0 Å². The number of rotatable bonds is 2. The fourth-order valence-corrected chi connectivity index (χ4v) is 0.659. The van der Waals surface area contributed by atoms with Crippen molar-refractivity contribution in [2.45, 2.75) is 4.33 Å². The number of alkyl halides is 2. The van der Waals surface area contributed by atoms with E-state index >= 15 is 0 Å². The van der Waals surface area contributed by atoms with Crippen LogP contribution in [0.5, 0.6) is 0 Å². The summed E-state index contributed by atoms with van der Waals surface area (Å²) >= 11 is 11.0. The Hall–Kier alpha value is -0.740. The third kappa shape index (κ3) is 1.85. The molecule has 0 aliphatic carbocycles. The number of carbonyl (C=O) groups is 1. The normalized spacial score (nSPS) is 11.1. The Kier molecular flexibility index (Phi) is 2.36. The van der Waals surface area contributed by atoms with Crippen molar-refractivity contribution in [2.75, 3.05) is 0 Å². The SMILES string of the molecule is O=CC(Cl)(Cl)c1ncncn1. The molecule has 1 heterocycles. The van der Waals surface area contributed by atoms with Crippen molar-refractivity contribution in [3.05, 3.63) is 18.5 Å². The Morgan fingerprint density at radius 1 is 1.36 bits per heavy atom. The Labute approximate surface area is 72.6 Å². The highest BCUT2D eigenvalue weighted by atomic mass is 35.5. The topological polar surface area (TPSA) is 55.7 Å². The zero-order chi connectivity index (χ0) is 8.32. The predicted molar refractivity (Wildman–Crippen MR) is 39.3 cm³/mol. The van der Waals surface area contributed by atoms with E-state index in [-0.39, 0.29) is 5.82 Å². The van der Waals surface area contributed by atoms with Gasteiger partial charge in [0.2, 0.25) is 4.33 Å². The molecule has 0 N–H and O–H groups in total. The smallest absolute Gasteiger partial charge is 0.231 e. The van der Waals surface area contributed by atoms with Crippen LogP contribution >= 0.6 is 23.2 Å². The molecule has 0 atom stereocenters. The zero-order valence-electron chi connectivity index (χ0n) is 5.24. The van der Waals surface area contributed by atoms with Gasteiger partial charge >= 0.3 is 0 Å². The summed E-state index contributed by atoms with van der Waals surface area (Å²) in [5.41, 5.74) is 0. The summed E-state index contributed by atoms with van der Waals surface area (Å²) in [5, 5.41) is 0. The molecule has 58 valence electrons. The average molecular weight is 192 g/mol. The van der Waals surface area contributed by atoms with E-state index in [1.54, 1.807) is 0 Å². The van der Waals surface area contributed by atoms with Crippen molar-refractivity contribution >= 4 is 29.5 Å². The highest BCUT2D eigenvalue weighted by Crippen LogP contribution is 2.27. The highest BCUT2D eigenvalue weighted by molar-refractivity contribution is 6.54. The van der Waals surface area contributed by atoms with Gasteiger partial charge in [0.05, 0.1) is 0 Å². The van der Waals surface area contributed by atoms with Gasteiger partial charge in [0.1, 0.15) is 12.7 Å². The van der Waals surface area contributed by atoms with E-state index in [1.807, 2.05) is 0 Å². The van der Waals surface area contributed by atoms with Gasteiger partial charge in [-0.1, -0.05) is 23.2 Å². The highest BCUT2D eigenvalue weighted by Gasteiger charge is 2.28. The molecule has 1 rings (SSSR count). The van der Waals surface area contributed by atoms with Crippen molar-refractivity contribution in [1.29, 1.82) is 0 Å². The van der Waals surface area contributed by atoms with Crippen LogP contribution in [0.25, 0.3) is 0 Å². The molecule has 0 saturated heterocycles. The summed E-state index contributed by atoms with van der Waals surface area (Å²) in [7, 11) is 0. The molecule has 0 aliphatic heterocycles. The number of hydrogen-bond donors (Lipinski definition) is 0. The lowest BCUT2D eigenvalue weighted by atomic mass is 10.4. The van der Waals surface area contributed by atoms with E-state index in [0.717, 1.165) is 0 Å². The maximum absolute atomic E-state index is 10.3. The monoisotopic (exact) mass is 191 g/mol. The molecule has 1 aromatic rings. The number of aromatic nitrogens is 3. The minimum Gasteiger partial charge on any atom is -0.299 e. The first-order chi connectivity index (χ1) is 5.17. The molecule has 0 saturated carbocycles. The van der Waals surface area contributed by atoms with Crippen molar-refractivity contribution in [3.8, 4) is 0 Å². The van der Waals surface area contributed by atoms with E-state index in [4.69, 9.17) is 23.2 Å². The van der Waals surface area contributed by atoms with Crippen molar-refractivity contribution in [3.63, 3.8) is 0 Å². The van der Waals surface area contributed by atoms with Gasteiger partial charge < -0.3 is 0 Å². The lowest BCUT2D eigenvalue weighted by Crippen LogP contribution is -2.15. The molecule has 4 nitrogen and oxygen atoms in total. The largest absolute Gasteiger partial charge is 0.299 e. The fourth-order valence-electron chi connectivity index (χ4n) is 0.464. The molecule has 0 bridgehead atoms. The third-order valence-electron chi connectivity index (χ3n) is 0.940. The van der Waals surface area contributed by atoms with Crippen LogP contribution in [0.2, 0.25) is 0 Å². The molecule has 0 aliphatic rings. The minimum absolute atomic E-state index is 0.0332. The van der Waals surface area contributed by atoms with Crippen LogP contribution in [0, 0.1) is 0 Å². The summed E-state index contributed by atoms with van der Waals surface area (Å²) in [4.78, 5) is 21.0. The lowest BCUT2D eigenvalue weighted by Gasteiger charge is -2.07. The summed E-state index contributed by atoms with van der Waals surface area (Å²) in [5.74, 6) is 0.0332. The van der Waals surface area contributed by atoms with Gasteiger partial charge in [-0.2, -0.15) is 0 Å². The number of aldehydes is 1. The Bertz CT molecular complexity index is 251. The first kappa shape index (κ1) is 8.36. The van der Waals surface area contributed by atoms with Crippen LogP contribution in [-0.4, -0.2) is 21.2 Å². The molecular weight excluding hydrogens is 189 g/mol. The third-order valence-corrected chi connectivity index (χ3v) is 1.46. The average Bonchev–Trinajstić information content (AvgIpc) is 2.06. The Morgan fingerprint density at radius 2 is 1.91 bits per heavy atom. The second kappa shape index (κ2) is 3.11. The molecule has 6 heteroatoms. The number of halogens is 2. The number of hydrogen-bond acceptors (Lipinski definition) is 4. The molecule has 1 aromatic heterocycles. The summed E-state index contributed by atoms with van der Waals surface area (Å²) in [6, 6.07) is 0. The Balaban J connectivity index is 3.02. The summed E-state index contributed by atoms with van der Waals surface area (Å²) in [6.45, 7) is 0. The molecule has 0 unspecified atom stereocenters. The van der Waals surface area contributed by atoms with Crippen LogP contribution in [-0.2, 0) is 9.13 Å². The van der Waals surface area contributed by atoms with Crippen molar-refractivity contribution < 1.29 is 4.79 Å². The van der Waals surface area contributed by atoms with E-state index < -0.39 is 4.33 Å². The van der Waals surface area contributed by atoms with Crippen LogP contribution in [0.3, 0.4) is 0 Å². The summed E-state index contributed by atoms with van der Waals surface area (Å²) < 4.78 is -1.66. The molecule has 0 aromatic carbocycles. The van der Waals surface area contributed by atoms with Gasteiger partial charge in [0, 0.05) is 0 Å². The standard InChI is InChI=1S/C5H3Cl2N3O/c6-5(7,1-11)4-9-2-8-3-10-4/h1-3H. The minimum atomic E-state index is -1.66. The molecule has 0 spiro atoms. The Morgan fingerprint density at radius 3 is 2.36 bits per heavy atom. The molecule has 0 fully saturated rings. The van der Waals surface area contributed by atoms with Crippen molar-refractivity contribution in [1.82, 2.24) is 15.0 Å². The van der Waals surface area contributed by atoms with Crippen LogP contribution in [0.4, 0.5) is 0 Å². The van der Waals surface area contributed by atoms with Gasteiger partial charge in [-0.05, 0) is 0 Å². The zero-order valence-corrected chi connectivity index (χ0v) is 6.75. The fraction of sp³-hybridized carbons (Fsp3) is 0.200.